The van der Waals surface area contributed by atoms with Gasteiger partial charge >= 0.3 is 0 Å². The maximum absolute atomic E-state index is 4.60. The second-order valence-electron chi connectivity index (χ2n) is 9.82. The van der Waals surface area contributed by atoms with E-state index in [1.165, 1.54) is 60.0 Å². The van der Waals surface area contributed by atoms with Crippen LogP contribution >= 0.6 is 0 Å². The molecule has 2 heteroatoms. The fraction of sp³-hybridized carbons (Fsp3) is 0. The zero-order valence-electron chi connectivity index (χ0n) is 20.6. The topological polar surface area (TPSA) is 25.8 Å². The van der Waals surface area contributed by atoms with Crippen LogP contribution in [0.1, 0.15) is 0 Å². The summed E-state index contributed by atoms with van der Waals surface area (Å²) in [6, 6.07) is 43.5. The lowest BCUT2D eigenvalue weighted by Crippen LogP contribution is -1.90. The molecular formula is C36H22N2. The van der Waals surface area contributed by atoms with E-state index in [4.69, 9.17) is 0 Å². The van der Waals surface area contributed by atoms with E-state index in [0.29, 0.717) is 0 Å². The van der Waals surface area contributed by atoms with E-state index in [0.717, 1.165) is 16.8 Å². The summed E-state index contributed by atoms with van der Waals surface area (Å²) in [5.41, 5.74) is 8.07. The van der Waals surface area contributed by atoms with E-state index in [1.807, 2.05) is 30.6 Å². The number of rotatable bonds is 3. The Morgan fingerprint density at radius 2 is 1.03 bits per heavy atom. The van der Waals surface area contributed by atoms with Crippen molar-refractivity contribution >= 4 is 43.2 Å². The Bertz CT molecular complexity index is 2100. The highest BCUT2D eigenvalue weighted by Crippen LogP contribution is 2.43. The number of benzene rings is 6. The summed E-state index contributed by atoms with van der Waals surface area (Å²) in [6.07, 6.45) is 3.70. The molecule has 0 spiro atoms. The highest BCUT2D eigenvalue weighted by Gasteiger charge is 2.16. The highest BCUT2D eigenvalue weighted by molar-refractivity contribution is 6.28. The molecule has 0 bridgehead atoms. The molecule has 0 aliphatic carbocycles. The van der Waals surface area contributed by atoms with Gasteiger partial charge in [0, 0.05) is 23.3 Å². The number of fused-ring (bicyclic) bond motifs is 1. The Hall–Kier alpha value is -5.08. The minimum Gasteiger partial charge on any atom is -0.256 e. The van der Waals surface area contributed by atoms with Crippen molar-refractivity contribution in [2.24, 2.45) is 0 Å². The predicted octanol–water partition coefficient (Wildman–Crippen LogP) is 9.53. The van der Waals surface area contributed by atoms with Gasteiger partial charge in [0.15, 0.2) is 0 Å². The van der Waals surface area contributed by atoms with Gasteiger partial charge in [-0.2, -0.15) is 0 Å². The van der Waals surface area contributed by atoms with Crippen molar-refractivity contribution < 1.29 is 0 Å². The SMILES string of the molecule is c1ccc(-c2ccc(-c3ccc4ccc5c(-c6cccc7ncccc67)ccc6ccc3c4c65)cc2)nc1. The van der Waals surface area contributed by atoms with Gasteiger partial charge < -0.3 is 0 Å². The number of hydrogen-bond donors (Lipinski definition) is 0. The average molecular weight is 483 g/mol. The van der Waals surface area contributed by atoms with Crippen LogP contribution in [0.25, 0.3) is 76.7 Å². The molecule has 2 heterocycles. The number of aromatic nitrogens is 2. The molecular weight excluding hydrogens is 460 g/mol. The van der Waals surface area contributed by atoms with Gasteiger partial charge in [-0.1, -0.05) is 97.1 Å². The number of pyridine rings is 2. The van der Waals surface area contributed by atoms with Gasteiger partial charge in [0.05, 0.1) is 11.2 Å². The molecule has 0 N–H and O–H groups in total. The van der Waals surface area contributed by atoms with E-state index in [9.17, 15) is 0 Å². The monoisotopic (exact) mass is 482 g/mol. The molecule has 2 aromatic heterocycles. The summed E-state index contributed by atoms with van der Waals surface area (Å²) in [4.78, 5) is 9.10. The Balaban J connectivity index is 1.36. The minimum atomic E-state index is 0.991. The van der Waals surface area contributed by atoms with E-state index in [2.05, 4.69) is 113 Å². The first-order chi connectivity index (χ1) is 18.8. The largest absolute Gasteiger partial charge is 0.256 e. The standard InChI is InChI=1S/C36H22N2/c1-2-21-37-33(7-1)24-11-9-23(10-12-24)27-17-13-25-16-20-32-29(18-14-26-15-19-31(27)35(25)36(26)32)28-5-3-8-34-30(28)6-4-22-38-34/h1-22H. The van der Waals surface area contributed by atoms with E-state index in [-0.39, 0.29) is 0 Å². The summed E-state index contributed by atoms with van der Waals surface area (Å²) in [5.74, 6) is 0. The van der Waals surface area contributed by atoms with Crippen molar-refractivity contribution in [1.29, 1.82) is 0 Å². The Morgan fingerprint density at radius 3 is 1.79 bits per heavy atom. The van der Waals surface area contributed by atoms with Crippen LogP contribution in [0.3, 0.4) is 0 Å². The molecule has 38 heavy (non-hydrogen) atoms. The molecule has 0 fully saturated rings. The van der Waals surface area contributed by atoms with Crippen molar-refractivity contribution in [2.75, 3.05) is 0 Å². The third kappa shape index (κ3) is 3.14. The fourth-order valence-corrected chi connectivity index (χ4v) is 5.98. The van der Waals surface area contributed by atoms with Gasteiger partial charge in [-0.25, -0.2) is 0 Å². The summed E-state index contributed by atoms with van der Waals surface area (Å²) in [6.45, 7) is 0. The first-order valence-corrected chi connectivity index (χ1v) is 12.9. The Labute approximate surface area is 220 Å². The molecule has 6 aromatic carbocycles. The molecule has 0 atom stereocenters. The van der Waals surface area contributed by atoms with E-state index in [1.54, 1.807) is 0 Å². The molecule has 0 aliphatic rings. The summed E-state index contributed by atoms with van der Waals surface area (Å²) >= 11 is 0. The Morgan fingerprint density at radius 1 is 0.368 bits per heavy atom. The van der Waals surface area contributed by atoms with E-state index >= 15 is 0 Å². The molecule has 8 rings (SSSR count). The van der Waals surface area contributed by atoms with E-state index < -0.39 is 0 Å². The van der Waals surface area contributed by atoms with Crippen molar-refractivity contribution in [3.05, 3.63) is 134 Å². The quantitative estimate of drug-likeness (QED) is 0.234. The van der Waals surface area contributed by atoms with Crippen LogP contribution < -0.4 is 0 Å². The van der Waals surface area contributed by atoms with Gasteiger partial charge in [0.25, 0.3) is 0 Å². The lowest BCUT2D eigenvalue weighted by Gasteiger charge is -2.17. The number of nitrogens with zero attached hydrogens (tertiary/aromatic N) is 2. The van der Waals surface area contributed by atoms with Crippen LogP contribution in [0.5, 0.6) is 0 Å². The smallest absolute Gasteiger partial charge is 0.0708 e. The van der Waals surface area contributed by atoms with Gasteiger partial charge in [0.2, 0.25) is 0 Å². The van der Waals surface area contributed by atoms with Gasteiger partial charge in [-0.15, -0.1) is 0 Å². The fourth-order valence-electron chi connectivity index (χ4n) is 5.98. The van der Waals surface area contributed by atoms with Crippen molar-refractivity contribution in [1.82, 2.24) is 9.97 Å². The third-order valence-corrected chi connectivity index (χ3v) is 7.76. The minimum absolute atomic E-state index is 0.991. The maximum atomic E-state index is 4.60. The zero-order valence-corrected chi connectivity index (χ0v) is 20.6. The van der Waals surface area contributed by atoms with Crippen LogP contribution in [0.2, 0.25) is 0 Å². The lowest BCUT2D eigenvalue weighted by molar-refractivity contribution is 1.33. The lowest BCUT2D eigenvalue weighted by atomic mass is 9.86. The molecule has 0 saturated carbocycles. The van der Waals surface area contributed by atoms with Crippen LogP contribution in [-0.4, -0.2) is 9.97 Å². The van der Waals surface area contributed by atoms with Crippen molar-refractivity contribution in [2.45, 2.75) is 0 Å². The van der Waals surface area contributed by atoms with Gasteiger partial charge in [-0.3, -0.25) is 9.97 Å². The highest BCUT2D eigenvalue weighted by atomic mass is 14.7. The van der Waals surface area contributed by atoms with Gasteiger partial charge in [0.1, 0.15) is 0 Å². The molecule has 176 valence electrons. The van der Waals surface area contributed by atoms with Crippen LogP contribution in [0.4, 0.5) is 0 Å². The molecule has 0 radical (unpaired) electrons. The molecule has 2 nitrogen and oxygen atoms in total. The maximum Gasteiger partial charge on any atom is 0.0708 e. The molecule has 0 aliphatic heterocycles. The van der Waals surface area contributed by atoms with Crippen molar-refractivity contribution in [3.8, 4) is 33.5 Å². The molecule has 8 aromatic rings. The second kappa shape index (κ2) is 8.22. The predicted molar refractivity (Wildman–Crippen MR) is 160 cm³/mol. The second-order valence-corrected chi connectivity index (χ2v) is 9.82. The molecule has 0 saturated heterocycles. The normalized spacial score (nSPS) is 11.7. The molecule has 0 amide bonds. The van der Waals surface area contributed by atoms with Crippen molar-refractivity contribution in [3.63, 3.8) is 0 Å². The zero-order chi connectivity index (χ0) is 25.1. The van der Waals surface area contributed by atoms with Crippen LogP contribution in [0, 0.1) is 0 Å². The summed E-state index contributed by atoms with van der Waals surface area (Å²) in [5, 5.41) is 8.92. The van der Waals surface area contributed by atoms with Gasteiger partial charge in [-0.05, 0) is 78.8 Å². The van der Waals surface area contributed by atoms with Crippen LogP contribution in [0.15, 0.2) is 134 Å². The Kier molecular flexibility index (Phi) is 4.55. The first-order valence-electron chi connectivity index (χ1n) is 12.9. The molecule has 0 unspecified atom stereocenters. The number of hydrogen-bond acceptors (Lipinski definition) is 2. The summed E-state index contributed by atoms with van der Waals surface area (Å²) < 4.78 is 0. The van der Waals surface area contributed by atoms with Crippen LogP contribution in [-0.2, 0) is 0 Å². The third-order valence-electron chi connectivity index (χ3n) is 7.76. The average Bonchev–Trinajstić information content (AvgIpc) is 3.00. The first kappa shape index (κ1) is 21.0. The summed E-state index contributed by atoms with van der Waals surface area (Å²) in [7, 11) is 0.